The monoisotopic (exact) mass is 292 g/mol. The molecule has 0 aliphatic heterocycles. The summed E-state index contributed by atoms with van der Waals surface area (Å²) < 4.78 is 5.16. The average molecular weight is 292 g/mol. The molecule has 21 heavy (non-hydrogen) atoms. The highest BCUT2D eigenvalue weighted by atomic mass is 16.5. The number of nitrogens with zero attached hydrogens (tertiary/aromatic N) is 1. The molecule has 0 unspecified atom stereocenters. The quantitative estimate of drug-likeness (QED) is 0.877. The van der Waals surface area contributed by atoms with Gasteiger partial charge in [0.05, 0.1) is 13.7 Å². The molecular weight excluding hydrogens is 268 g/mol. The molecule has 5 heteroatoms. The van der Waals surface area contributed by atoms with Gasteiger partial charge >= 0.3 is 6.03 Å². The number of hydrogen-bond donors (Lipinski definition) is 2. The number of methoxy groups -OCH3 is 1. The Bertz CT molecular complexity index is 459. The van der Waals surface area contributed by atoms with Crippen molar-refractivity contribution in [1.29, 1.82) is 0 Å². The molecule has 5 nitrogen and oxygen atoms in total. The van der Waals surface area contributed by atoms with Crippen molar-refractivity contribution in [2.24, 2.45) is 0 Å². The summed E-state index contributed by atoms with van der Waals surface area (Å²) in [6.45, 7) is 0.364. The Morgan fingerprint density at radius 1 is 1.38 bits per heavy atom. The van der Waals surface area contributed by atoms with E-state index < -0.39 is 0 Å². The molecule has 0 saturated heterocycles. The number of urea groups is 1. The number of carbonyl (C=O) groups excluding carboxylic acids is 1. The van der Waals surface area contributed by atoms with E-state index in [4.69, 9.17) is 4.74 Å². The van der Waals surface area contributed by atoms with E-state index in [9.17, 15) is 9.90 Å². The fourth-order valence-electron chi connectivity index (χ4n) is 2.85. The number of aliphatic hydroxyl groups excluding tert-OH is 1. The largest absolute Gasteiger partial charge is 0.497 e. The smallest absolute Gasteiger partial charge is 0.322 e. The second kappa shape index (κ2) is 7.88. The number of nitrogens with one attached hydrogen (secondary N) is 1. The predicted molar refractivity (Wildman–Crippen MR) is 82.7 cm³/mol. The van der Waals surface area contributed by atoms with Gasteiger partial charge in [-0.05, 0) is 25.0 Å². The van der Waals surface area contributed by atoms with Crippen molar-refractivity contribution < 1.29 is 14.6 Å². The fourth-order valence-corrected chi connectivity index (χ4v) is 2.85. The molecule has 2 rings (SSSR count). The summed E-state index contributed by atoms with van der Waals surface area (Å²) in [7, 11) is 1.60. The third-order valence-electron chi connectivity index (χ3n) is 3.94. The van der Waals surface area contributed by atoms with E-state index in [-0.39, 0.29) is 18.7 Å². The zero-order valence-corrected chi connectivity index (χ0v) is 12.5. The number of amides is 2. The predicted octanol–water partition coefficient (Wildman–Crippen LogP) is 2.85. The molecular formula is C16H24N2O3. The summed E-state index contributed by atoms with van der Waals surface area (Å²) in [4.78, 5) is 14.2. The lowest BCUT2D eigenvalue weighted by Gasteiger charge is -2.34. The third kappa shape index (κ3) is 4.36. The lowest BCUT2D eigenvalue weighted by atomic mass is 9.94. The van der Waals surface area contributed by atoms with Gasteiger partial charge < -0.3 is 20.1 Å². The van der Waals surface area contributed by atoms with E-state index in [1.54, 1.807) is 18.1 Å². The van der Waals surface area contributed by atoms with Crippen LogP contribution in [0.2, 0.25) is 0 Å². The van der Waals surface area contributed by atoms with Crippen LogP contribution in [0.4, 0.5) is 10.5 Å². The molecule has 2 N–H and O–H groups in total. The van der Waals surface area contributed by atoms with Gasteiger partial charge in [-0.3, -0.25) is 0 Å². The van der Waals surface area contributed by atoms with Crippen LogP contribution in [0.1, 0.15) is 32.1 Å². The van der Waals surface area contributed by atoms with Gasteiger partial charge in [-0.2, -0.15) is 0 Å². The van der Waals surface area contributed by atoms with E-state index in [1.165, 1.54) is 6.42 Å². The normalized spacial score (nSPS) is 15.5. The second-order valence-corrected chi connectivity index (χ2v) is 5.37. The molecule has 0 aromatic heterocycles. The van der Waals surface area contributed by atoms with Crippen LogP contribution >= 0.6 is 0 Å². The Balaban J connectivity index is 2.03. The number of carbonyl (C=O) groups is 1. The Morgan fingerprint density at radius 2 is 2.14 bits per heavy atom. The van der Waals surface area contributed by atoms with Gasteiger partial charge in [-0.15, -0.1) is 0 Å². The highest BCUT2D eigenvalue weighted by Gasteiger charge is 2.25. The van der Waals surface area contributed by atoms with Gasteiger partial charge in [-0.1, -0.05) is 25.3 Å². The lowest BCUT2D eigenvalue weighted by molar-refractivity contribution is 0.144. The molecule has 116 valence electrons. The average Bonchev–Trinajstić information content (AvgIpc) is 2.53. The van der Waals surface area contributed by atoms with Crippen molar-refractivity contribution >= 4 is 11.7 Å². The highest BCUT2D eigenvalue weighted by molar-refractivity contribution is 5.89. The first-order valence-electron chi connectivity index (χ1n) is 7.57. The molecule has 1 aromatic carbocycles. The van der Waals surface area contributed by atoms with Gasteiger partial charge in [0.25, 0.3) is 0 Å². The molecule has 1 aromatic rings. The molecule has 0 radical (unpaired) electrons. The van der Waals surface area contributed by atoms with Crippen LogP contribution in [0.3, 0.4) is 0 Å². The molecule has 1 saturated carbocycles. The number of hydrogen-bond acceptors (Lipinski definition) is 3. The minimum atomic E-state index is -0.149. The lowest BCUT2D eigenvalue weighted by Crippen LogP contribution is -2.45. The van der Waals surface area contributed by atoms with Crippen molar-refractivity contribution in [1.82, 2.24) is 4.90 Å². The topological polar surface area (TPSA) is 61.8 Å². The number of aliphatic hydroxyl groups is 1. The van der Waals surface area contributed by atoms with E-state index in [0.717, 1.165) is 25.7 Å². The van der Waals surface area contributed by atoms with Crippen molar-refractivity contribution in [3.8, 4) is 5.75 Å². The minimum Gasteiger partial charge on any atom is -0.497 e. The summed E-state index contributed by atoms with van der Waals surface area (Å²) in [6, 6.07) is 7.38. The van der Waals surface area contributed by atoms with E-state index >= 15 is 0 Å². The highest BCUT2D eigenvalue weighted by Crippen LogP contribution is 2.24. The first kappa shape index (κ1) is 15.6. The zero-order chi connectivity index (χ0) is 15.1. The van der Waals surface area contributed by atoms with Crippen LogP contribution in [0.5, 0.6) is 5.75 Å². The second-order valence-electron chi connectivity index (χ2n) is 5.37. The molecule has 0 heterocycles. The van der Waals surface area contributed by atoms with Crippen LogP contribution in [-0.2, 0) is 0 Å². The van der Waals surface area contributed by atoms with E-state index in [0.29, 0.717) is 18.0 Å². The molecule has 0 bridgehead atoms. The third-order valence-corrected chi connectivity index (χ3v) is 3.94. The van der Waals surface area contributed by atoms with Gasteiger partial charge in [0.1, 0.15) is 5.75 Å². The van der Waals surface area contributed by atoms with Gasteiger partial charge in [0.2, 0.25) is 0 Å². The molecule has 1 aliphatic carbocycles. The van der Waals surface area contributed by atoms with Crippen molar-refractivity contribution in [3.63, 3.8) is 0 Å². The Morgan fingerprint density at radius 3 is 2.81 bits per heavy atom. The van der Waals surface area contributed by atoms with Crippen LogP contribution < -0.4 is 10.1 Å². The first-order valence-corrected chi connectivity index (χ1v) is 7.57. The van der Waals surface area contributed by atoms with Crippen LogP contribution in [0.15, 0.2) is 24.3 Å². The van der Waals surface area contributed by atoms with Gasteiger partial charge in [0.15, 0.2) is 0 Å². The van der Waals surface area contributed by atoms with Crippen molar-refractivity contribution in [2.75, 3.05) is 25.6 Å². The summed E-state index contributed by atoms with van der Waals surface area (Å²) in [5.74, 6) is 0.708. The molecule has 1 aliphatic rings. The van der Waals surface area contributed by atoms with Gasteiger partial charge in [0, 0.05) is 24.3 Å². The maximum absolute atomic E-state index is 12.5. The zero-order valence-electron chi connectivity index (χ0n) is 12.5. The number of rotatable bonds is 5. The maximum atomic E-state index is 12.5. The standard InChI is InChI=1S/C16H24N2O3/c1-21-15-9-5-6-13(12-15)17-16(20)18(10-11-19)14-7-3-2-4-8-14/h5-6,9,12,14,19H,2-4,7-8,10-11H2,1H3,(H,17,20). The Kier molecular flexibility index (Phi) is 5.87. The van der Waals surface area contributed by atoms with Gasteiger partial charge in [-0.25, -0.2) is 4.79 Å². The summed E-state index contributed by atoms with van der Waals surface area (Å²) in [5, 5.41) is 12.1. The number of benzene rings is 1. The fraction of sp³-hybridized carbons (Fsp3) is 0.562. The van der Waals surface area contributed by atoms with Crippen LogP contribution in [0.25, 0.3) is 0 Å². The Hall–Kier alpha value is -1.75. The molecule has 0 spiro atoms. The summed E-state index contributed by atoms with van der Waals surface area (Å²) in [5.41, 5.74) is 0.707. The van der Waals surface area contributed by atoms with Crippen LogP contribution in [0, 0.1) is 0 Å². The minimum absolute atomic E-state index is 0.0119. The molecule has 2 amide bonds. The van der Waals surface area contributed by atoms with E-state index in [2.05, 4.69) is 5.32 Å². The molecule has 0 atom stereocenters. The van der Waals surface area contributed by atoms with Crippen molar-refractivity contribution in [3.05, 3.63) is 24.3 Å². The maximum Gasteiger partial charge on any atom is 0.322 e. The number of anilines is 1. The summed E-state index contributed by atoms with van der Waals surface area (Å²) in [6.07, 6.45) is 5.58. The van der Waals surface area contributed by atoms with Crippen molar-refractivity contribution in [2.45, 2.75) is 38.1 Å². The molecule has 1 fully saturated rings. The first-order chi connectivity index (χ1) is 10.2. The Labute approximate surface area is 125 Å². The van der Waals surface area contributed by atoms with Crippen LogP contribution in [-0.4, -0.2) is 42.3 Å². The summed E-state index contributed by atoms with van der Waals surface area (Å²) >= 11 is 0. The SMILES string of the molecule is COc1cccc(NC(=O)N(CCO)C2CCCCC2)c1. The number of ether oxygens (including phenoxy) is 1. The van der Waals surface area contributed by atoms with E-state index in [1.807, 2.05) is 18.2 Å².